The Morgan fingerprint density at radius 2 is 0.679 bits per heavy atom. The van der Waals surface area contributed by atoms with Gasteiger partial charge in [0.15, 0.2) is 69.8 Å². The lowest BCUT2D eigenvalue weighted by atomic mass is 10.1. The Kier molecular flexibility index (Phi) is 28.7. The van der Waals surface area contributed by atoms with Gasteiger partial charge in [0.25, 0.3) is 23.6 Å². The molecule has 0 bridgehead atoms. The fraction of sp³-hybridized carbons (Fsp3) is 0.280. The maximum Gasteiger partial charge on any atom is 0.307 e. The molecule has 0 aliphatic heterocycles. The number of fused-ring (bicyclic) bond motifs is 2. The highest BCUT2D eigenvalue weighted by atomic mass is 32.2. The van der Waals surface area contributed by atoms with Crippen LogP contribution in [0.1, 0.15) is 93.8 Å². The molecule has 16 nitrogen and oxygen atoms in total. The number of aliphatic carboxylic acids is 1. The van der Waals surface area contributed by atoms with Crippen LogP contribution >= 0.6 is 47.0 Å². The van der Waals surface area contributed by atoms with E-state index in [1.54, 1.807) is 13.8 Å². The van der Waals surface area contributed by atoms with Gasteiger partial charge in [0, 0.05) is 148 Å². The molecule has 0 saturated heterocycles. The van der Waals surface area contributed by atoms with Gasteiger partial charge in [-0.05, 0) is 149 Å². The van der Waals surface area contributed by atoms with Gasteiger partial charge in [-0.25, -0.2) is 78.7 Å². The number of hydrogen-bond acceptors (Lipinski definition) is 14. The number of nitrogens with one attached hydrogen (secondary N) is 5. The van der Waals surface area contributed by atoms with Crippen LogP contribution in [0.3, 0.4) is 0 Å². The van der Waals surface area contributed by atoms with Crippen LogP contribution in [0.5, 0.6) is 0 Å². The molecule has 8 aromatic carbocycles. The van der Waals surface area contributed by atoms with Crippen molar-refractivity contribution in [2.45, 2.75) is 88.1 Å². The Hall–Kier alpha value is -9.27. The fourth-order valence-corrected chi connectivity index (χ4v) is 17.5. The van der Waals surface area contributed by atoms with Crippen molar-refractivity contribution in [2.24, 2.45) is 35.5 Å². The molecule has 0 spiro atoms. The summed E-state index contributed by atoms with van der Waals surface area (Å²) < 4.78 is 238. The largest absolute Gasteiger partial charge is 0.481 e. The number of aliphatic hydroxyl groups is 2. The average Bonchev–Trinajstić information content (AvgIpc) is 1.58. The summed E-state index contributed by atoms with van der Waals surface area (Å²) in [6.45, 7) is 3.24. The summed E-state index contributed by atoms with van der Waals surface area (Å²) in [4.78, 5) is 73.0. The minimum absolute atomic E-state index is 0.0182. The zero-order chi connectivity index (χ0) is 82.1. The van der Waals surface area contributed by atoms with Crippen LogP contribution in [0.15, 0.2) is 141 Å². The van der Waals surface area contributed by atoms with Crippen molar-refractivity contribution in [3.63, 3.8) is 0 Å². The van der Waals surface area contributed by atoms with Crippen LogP contribution in [-0.2, 0) is 19.6 Å². The number of sulfonamides is 1. The molecule has 5 amide bonds. The number of carboxylic acid groups (broad SMARTS) is 1. The molecule has 4 aliphatic carbocycles. The van der Waals surface area contributed by atoms with Crippen molar-refractivity contribution in [1.29, 1.82) is 0 Å². The third-order valence-corrected chi connectivity index (χ3v) is 22.8. The van der Waals surface area contributed by atoms with Crippen molar-refractivity contribution in [3.8, 4) is 0 Å². The maximum absolute atomic E-state index is 14.3. The molecule has 0 heterocycles. The lowest BCUT2D eigenvalue weighted by molar-refractivity contribution is -0.139. The molecule has 4 atom stereocenters. The first-order valence-electron chi connectivity index (χ1n) is 33.3. The Morgan fingerprint density at radius 1 is 0.411 bits per heavy atom. The number of carbonyl (C=O) groups is 6. The Balaban J connectivity index is 0.000000173. The lowest BCUT2D eigenvalue weighted by Crippen LogP contribution is -2.32. The van der Waals surface area contributed by atoms with Crippen LogP contribution in [0, 0.1) is 129 Å². The van der Waals surface area contributed by atoms with E-state index < -0.39 is 144 Å². The van der Waals surface area contributed by atoms with E-state index >= 15 is 0 Å². The molecular formula is C75H63F16N5O11S5. The molecular weight excluding hydrogens is 1610 g/mol. The zero-order valence-corrected chi connectivity index (χ0v) is 62.3. The van der Waals surface area contributed by atoms with Crippen LogP contribution in [0.4, 0.5) is 93.0 Å². The summed E-state index contributed by atoms with van der Waals surface area (Å²) in [5.41, 5.74) is -1.69. The van der Waals surface area contributed by atoms with Gasteiger partial charge in [0.1, 0.15) is 23.3 Å². The van der Waals surface area contributed by atoms with Gasteiger partial charge in [0.2, 0.25) is 15.9 Å². The summed E-state index contributed by atoms with van der Waals surface area (Å²) in [7, 11) is -3.62. The second-order valence-electron chi connectivity index (χ2n) is 26.5. The van der Waals surface area contributed by atoms with E-state index in [-0.39, 0.29) is 117 Å². The first-order chi connectivity index (χ1) is 52.6. The summed E-state index contributed by atoms with van der Waals surface area (Å²) in [5.74, 6) is -23.8. The van der Waals surface area contributed by atoms with Gasteiger partial charge in [-0.2, -0.15) is 0 Å². The normalized spacial score (nSPS) is 18.4. The topological polar surface area (TPSA) is 257 Å². The van der Waals surface area contributed by atoms with E-state index in [0.29, 0.717) is 98.6 Å². The fourth-order valence-electron chi connectivity index (χ4n) is 12.1. The number of carboxylic acids is 1. The van der Waals surface area contributed by atoms with Crippen LogP contribution in [0.2, 0.25) is 0 Å². The molecule has 112 heavy (non-hydrogen) atoms. The number of aliphatic hydroxyl groups excluding tert-OH is 1. The minimum atomic E-state index is -3.62. The number of hydrogen-bond donors (Lipinski definition) is 8. The van der Waals surface area contributed by atoms with Crippen LogP contribution in [-0.4, -0.2) is 99.7 Å². The summed E-state index contributed by atoms with van der Waals surface area (Å²) in [5, 5.41) is 36.5. The third-order valence-electron chi connectivity index (χ3n) is 17.5. The Morgan fingerprint density at radius 3 is 0.946 bits per heavy atom. The van der Waals surface area contributed by atoms with Crippen molar-refractivity contribution >= 4 is 115 Å². The molecule has 0 aromatic heterocycles. The van der Waals surface area contributed by atoms with Crippen LogP contribution in [0.25, 0.3) is 0 Å². The molecule has 4 aliphatic rings. The predicted molar refractivity (Wildman–Crippen MR) is 386 cm³/mol. The van der Waals surface area contributed by atoms with Crippen molar-refractivity contribution in [1.82, 2.24) is 4.72 Å². The molecule has 596 valence electrons. The smallest absolute Gasteiger partial charge is 0.307 e. The highest BCUT2D eigenvalue weighted by Crippen LogP contribution is 2.62. The van der Waals surface area contributed by atoms with Crippen molar-refractivity contribution in [3.05, 3.63) is 237 Å². The van der Waals surface area contributed by atoms with Gasteiger partial charge in [-0.1, -0.05) is 0 Å². The Bertz CT molecular complexity index is 4960. The maximum atomic E-state index is 14.3. The van der Waals surface area contributed by atoms with Crippen LogP contribution < -0.4 is 26.0 Å². The lowest BCUT2D eigenvalue weighted by Gasteiger charge is -2.16. The number of benzene rings is 8. The standard InChI is InChI=1S/C21H18F4N2O4S2.C20H15F4NO3S.C18H17F4NO2S.C16H13F4NO2S/c1-33(30,31)27-21(29)18-12-7-11(8-13(12)18)32-17-4-9(2-3-14(17)22)20(28)26-10-5-15(23)19(25)16(24)6-10;21-13-2-1-8(19(26)25-9-4-14(22)18(24)15(23)5-9)3-16(13)29-10-6-11-12(7-10)17(11)20(27)28;1-18(2,25)5-6-26-15-7-10(3-4-12(15)19)17(24)23-11-8-13(20)16(22)14(21)9-11;17-11-3-2-9(6-14(11)24-5-1-4-22)16(23)21-10-7-12(18)15(20)13(19)8-10/h2-6,11-13,18H,7-8H2,1H3,(H,26,28)(H,27,29);1-5,10-12,17H,6-7H2,(H,25,26)(H,27,28);3-4,7-9,25H,5-6H2,1-2H3,(H,23,24);2-3,6-8,22H,1,4-5H2,(H,21,23). The molecule has 12 rings (SSSR count). The van der Waals surface area contributed by atoms with Gasteiger partial charge in [0.05, 0.1) is 17.8 Å². The summed E-state index contributed by atoms with van der Waals surface area (Å²) in [6.07, 6.45) is 4.35. The summed E-state index contributed by atoms with van der Waals surface area (Å²) in [6, 6.07) is 19.7. The third kappa shape index (κ3) is 23.2. The van der Waals surface area contributed by atoms with E-state index in [0.717, 1.165) is 54.0 Å². The molecule has 37 heteroatoms. The predicted octanol–water partition coefficient (Wildman–Crippen LogP) is 17.1. The van der Waals surface area contributed by atoms with E-state index in [4.69, 9.17) is 10.2 Å². The molecule has 4 fully saturated rings. The van der Waals surface area contributed by atoms with E-state index in [9.17, 15) is 113 Å². The van der Waals surface area contributed by atoms with Gasteiger partial charge in [-0.3, -0.25) is 33.5 Å². The number of carbonyl (C=O) groups excluding carboxylic acids is 5. The van der Waals surface area contributed by atoms with Crippen molar-refractivity contribution in [2.75, 3.05) is 45.6 Å². The van der Waals surface area contributed by atoms with Crippen molar-refractivity contribution < 1.29 is 123 Å². The SMILES string of the molecule is CC(C)(O)CCSc1cc(C(=O)Nc2cc(F)c(F)c(F)c2)ccc1F.CS(=O)(=O)NC(=O)C1C2CC(Sc3cc(C(=O)Nc4cc(F)c(F)c(F)c4)ccc3F)CC21.O=C(Nc1cc(F)c(F)c(F)c1)c1ccc(F)c(SC2CC3C(C2)C3C(=O)O)c1.O=C(Nc1cc(F)c(F)c(F)c1)c1ccc(F)c(SCCCO)c1. The number of halogens is 16. The quantitative estimate of drug-likeness (QED) is 0.0128. The number of rotatable bonds is 23. The van der Waals surface area contributed by atoms with E-state index in [1.807, 2.05) is 4.72 Å². The van der Waals surface area contributed by atoms with E-state index in [1.165, 1.54) is 72.1 Å². The number of anilines is 4. The Labute approximate surface area is 645 Å². The van der Waals surface area contributed by atoms with Gasteiger partial charge >= 0.3 is 5.97 Å². The second-order valence-corrected chi connectivity index (χ2v) is 33.2. The van der Waals surface area contributed by atoms with Gasteiger partial charge in [-0.15, -0.1) is 47.0 Å². The highest BCUT2D eigenvalue weighted by molar-refractivity contribution is 8.00. The molecule has 8 aromatic rings. The highest BCUT2D eigenvalue weighted by Gasteiger charge is 2.61. The molecule has 0 radical (unpaired) electrons. The summed E-state index contributed by atoms with van der Waals surface area (Å²) >= 11 is 4.73. The first-order valence-corrected chi connectivity index (χ1v) is 39.0. The molecule has 8 N–H and O–H groups in total. The first kappa shape index (κ1) is 86.7. The zero-order valence-electron chi connectivity index (χ0n) is 58.2. The average molecular weight is 1670 g/mol. The van der Waals surface area contributed by atoms with Gasteiger partial charge < -0.3 is 36.6 Å². The van der Waals surface area contributed by atoms with E-state index in [2.05, 4.69) is 21.3 Å². The molecule has 4 saturated carbocycles. The minimum Gasteiger partial charge on any atom is -0.481 e. The monoisotopic (exact) mass is 1670 g/mol. The molecule has 4 unspecified atom stereocenters. The second kappa shape index (κ2) is 37.1. The number of thioether (sulfide) groups is 4. The number of amides is 5.